The van der Waals surface area contributed by atoms with Crippen LogP contribution in [0.25, 0.3) is 0 Å². The van der Waals surface area contributed by atoms with Crippen molar-refractivity contribution in [3.05, 3.63) is 59.7 Å². The number of aryl methyl sites for hydroxylation is 1. The van der Waals surface area contributed by atoms with Crippen molar-refractivity contribution in [3.63, 3.8) is 0 Å². The van der Waals surface area contributed by atoms with Gasteiger partial charge in [-0.15, -0.1) is 0 Å². The maximum atomic E-state index is 12.2. The first kappa shape index (κ1) is 16.6. The molecule has 0 bridgehead atoms. The second kappa shape index (κ2) is 6.53. The SMILES string of the molecule is Cc1ccc(S(=O)(=O)Oc2ccc(C(C)C(C)C)cc2)cc1. The third-order valence-electron chi connectivity index (χ3n) is 3.92. The van der Waals surface area contributed by atoms with E-state index >= 15 is 0 Å². The highest BCUT2D eigenvalue weighted by atomic mass is 32.2. The lowest BCUT2D eigenvalue weighted by Gasteiger charge is -2.16. The van der Waals surface area contributed by atoms with Crippen LogP contribution in [0.15, 0.2) is 53.4 Å². The van der Waals surface area contributed by atoms with Crippen LogP contribution in [0.2, 0.25) is 0 Å². The standard InChI is InChI=1S/C18H22O3S/c1-13(2)15(4)16-7-9-17(10-8-16)21-22(19,20)18-11-5-14(3)6-12-18/h5-13,15H,1-4H3. The van der Waals surface area contributed by atoms with E-state index in [0.717, 1.165) is 5.56 Å². The summed E-state index contributed by atoms with van der Waals surface area (Å²) in [4.78, 5) is 0.165. The molecule has 22 heavy (non-hydrogen) atoms. The summed E-state index contributed by atoms with van der Waals surface area (Å²) < 4.78 is 29.6. The van der Waals surface area contributed by atoms with Gasteiger partial charge in [0.1, 0.15) is 10.6 Å². The van der Waals surface area contributed by atoms with E-state index in [1.165, 1.54) is 5.56 Å². The quantitative estimate of drug-likeness (QED) is 0.761. The third-order valence-corrected chi connectivity index (χ3v) is 5.18. The normalized spacial score (nSPS) is 13.1. The average molecular weight is 318 g/mol. The van der Waals surface area contributed by atoms with Crippen molar-refractivity contribution < 1.29 is 12.6 Å². The predicted octanol–water partition coefficient (Wildman–Crippen LogP) is 4.52. The first-order valence-electron chi connectivity index (χ1n) is 7.41. The molecule has 0 heterocycles. The van der Waals surface area contributed by atoms with E-state index < -0.39 is 10.1 Å². The molecule has 0 saturated carbocycles. The van der Waals surface area contributed by atoms with Crippen molar-refractivity contribution in [3.8, 4) is 5.75 Å². The first-order valence-corrected chi connectivity index (χ1v) is 8.81. The zero-order chi connectivity index (χ0) is 16.3. The zero-order valence-corrected chi connectivity index (χ0v) is 14.2. The molecular weight excluding hydrogens is 296 g/mol. The van der Waals surface area contributed by atoms with Crippen LogP contribution in [0.1, 0.15) is 37.8 Å². The maximum absolute atomic E-state index is 12.2. The molecule has 0 N–H and O–H groups in total. The number of hydrogen-bond donors (Lipinski definition) is 0. The Balaban J connectivity index is 2.18. The Hall–Kier alpha value is -1.81. The lowest BCUT2D eigenvalue weighted by Crippen LogP contribution is -2.10. The van der Waals surface area contributed by atoms with Gasteiger partial charge < -0.3 is 4.18 Å². The molecule has 0 aliphatic carbocycles. The summed E-state index contributed by atoms with van der Waals surface area (Å²) in [5, 5.41) is 0. The van der Waals surface area contributed by atoms with Crippen molar-refractivity contribution in [1.29, 1.82) is 0 Å². The van der Waals surface area contributed by atoms with Gasteiger partial charge in [-0.3, -0.25) is 0 Å². The summed E-state index contributed by atoms with van der Waals surface area (Å²) >= 11 is 0. The van der Waals surface area contributed by atoms with Gasteiger partial charge in [0.25, 0.3) is 0 Å². The van der Waals surface area contributed by atoms with Gasteiger partial charge in [-0.25, -0.2) is 0 Å². The van der Waals surface area contributed by atoms with Crippen LogP contribution in [0, 0.1) is 12.8 Å². The Bertz CT molecular complexity index is 714. The first-order chi connectivity index (χ1) is 10.3. The van der Waals surface area contributed by atoms with Crippen molar-refractivity contribution in [1.82, 2.24) is 0 Å². The minimum Gasteiger partial charge on any atom is -0.379 e. The van der Waals surface area contributed by atoms with Gasteiger partial charge in [-0.2, -0.15) is 8.42 Å². The van der Waals surface area contributed by atoms with Gasteiger partial charge in [0, 0.05) is 0 Å². The molecule has 1 atom stereocenters. The molecule has 0 aliphatic heterocycles. The lowest BCUT2D eigenvalue weighted by atomic mass is 9.90. The zero-order valence-electron chi connectivity index (χ0n) is 13.4. The highest BCUT2D eigenvalue weighted by Gasteiger charge is 2.17. The Labute approximate surface area is 133 Å². The molecule has 4 heteroatoms. The van der Waals surface area contributed by atoms with Gasteiger partial charge >= 0.3 is 10.1 Å². The molecule has 1 unspecified atom stereocenters. The van der Waals surface area contributed by atoms with Crippen molar-refractivity contribution in [2.45, 2.75) is 38.5 Å². The number of rotatable bonds is 5. The van der Waals surface area contributed by atoms with E-state index in [1.54, 1.807) is 36.4 Å². The summed E-state index contributed by atoms with van der Waals surface area (Å²) in [6.07, 6.45) is 0. The topological polar surface area (TPSA) is 43.4 Å². The van der Waals surface area contributed by atoms with Crippen molar-refractivity contribution in [2.75, 3.05) is 0 Å². The number of hydrogen-bond acceptors (Lipinski definition) is 3. The summed E-state index contributed by atoms with van der Waals surface area (Å²) in [7, 11) is -3.78. The Morgan fingerprint density at radius 1 is 0.864 bits per heavy atom. The van der Waals surface area contributed by atoms with Crippen molar-refractivity contribution >= 4 is 10.1 Å². The van der Waals surface area contributed by atoms with Gasteiger partial charge in [0.2, 0.25) is 0 Å². The predicted molar refractivity (Wildman–Crippen MR) is 88.7 cm³/mol. The molecule has 0 aliphatic rings. The van der Waals surface area contributed by atoms with E-state index in [1.807, 2.05) is 19.1 Å². The Kier molecular flexibility index (Phi) is 4.91. The van der Waals surface area contributed by atoms with E-state index in [9.17, 15) is 8.42 Å². The number of benzene rings is 2. The van der Waals surface area contributed by atoms with Gasteiger partial charge in [0.15, 0.2) is 0 Å². The minimum atomic E-state index is -3.78. The molecule has 2 rings (SSSR count). The lowest BCUT2D eigenvalue weighted by molar-refractivity contribution is 0.485. The van der Waals surface area contributed by atoms with E-state index in [0.29, 0.717) is 17.6 Å². The molecule has 0 spiro atoms. The van der Waals surface area contributed by atoms with Gasteiger partial charge in [-0.05, 0) is 48.6 Å². The second-order valence-electron chi connectivity index (χ2n) is 5.95. The molecule has 0 aromatic heterocycles. The van der Waals surface area contributed by atoms with E-state index in [2.05, 4.69) is 20.8 Å². The van der Waals surface area contributed by atoms with Crippen LogP contribution < -0.4 is 4.18 Å². The fourth-order valence-electron chi connectivity index (χ4n) is 2.09. The van der Waals surface area contributed by atoms with Crippen LogP contribution in [0.3, 0.4) is 0 Å². The smallest absolute Gasteiger partial charge is 0.339 e. The molecule has 2 aromatic rings. The van der Waals surface area contributed by atoms with Gasteiger partial charge in [0.05, 0.1) is 0 Å². The Morgan fingerprint density at radius 3 is 1.91 bits per heavy atom. The summed E-state index contributed by atoms with van der Waals surface area (Å²) in [6.45, 7) is 8.39. The minimum absolute atomic E-state index is 0.165. The highest BCUT2D eigenvalue weighted by Crippen LogP contribution is 2.26. The average Bonchev–Trinajstić information content (AvgIpc) is 2.47. The van der Waals surface area contributed by atoms with Crippen LogP contribution >= 0.6 is 0 Å². The fourth-order valence-corrected chi connectivity index (χ4v) is 3.02. The molecule has 2 aromatic carbocycles. The third kappa shape index (κ3) is 3.89. The molecule has 0 radical (unpaired) electrons. The van der Waals surface area contributed by atoms with Crippen molar-refractivity contribution in [2.24, 2.45) is 5.92 Å². The highest BCUT2D eigenvalue weighted by molar-refractivity contribution is 7.87. The monoisotopic (exact) mass is 318 g/mol. The molecular formula is C18H22O3S. The molecule has 0 fully saturated rings. The van der Waals surface area contributed by atoms with E-state index in [4.69, 9.17) is 4.18 Å². The molecule has 0 saturated heterocycles. The van der Waals surface area contributed by atoms with Crippen LogP contribution in [-0.4, -0.2) is 8.42 Å². The van der Waals surface area contributed by atoms with Crippen LogP contribution in [-0.2, 0) is 10.1 Å². The van der Waals surface area contributed by atoms with Crippen LogP contribution in [0.4, 0.5) is 0 Å². The molecule has 118 valence electrons. The fraction of sp³-hybridized carbons (Fsp3) is 0.333. The summed E-state index contributed by atoms with van der Waals surface area (Å²) in [6, 6.07) is 13.9. The van der Waals surface area contributed by atoms with Crippen LogP contribution in [0.5, 0.6) is 5.75 Å². The molecule has 0 amide bonds. The Morgan fingerprint density at radius 2 is 1.41 bits per heavy atom. The summed E-state index contributed by atoms with van der Waals surface area (Å²) in [5.41, 5.74) is 2.18. The maximum Gasteiger partial charge on any atom is 0.339 e. The van der Waals surface area contributed by atoms with E-state index in [-0.39, 0.29) is 4.90 Å². The van der Waals surface area contributed by atoms with Gasteiger partial charge in [-0.1, -0.05) is 50.6 Å². The second-order valence-corrected chi connectivity index (χ2v) is 7.50. The molecule has 3 nitrogen and oxygen atoms in total. The largest absolute Gasteiger partial charge is 0.379 e. The summed E-state index contributed by atoms with van der Waals surface area (Å²) in [5.74, 6) is 1.28.